The number of anilines is 1. The van der Waals surface area contributed by atoms with Gasteiger partial charge in [0.1, 0.15) is 0 Å². The summed E-state index contributed by atoms with van der Waals surface area (Å²) in [5, 5.41) is 22.5. The molecule has 1 fully saturated rings. The summed E-state index contributed by atoms with van der Waals surface area (Å²) in [6, 6.07) is 17.0. The second kappa shape index (κ2) is 9.48. The maximum Gasteiger partial charge on any atom is 0.234 e. The first-order valence-corrected chi connectivity index (χ1v) is 11.7. The molecule has 0 bridgehead atoms. The van der Waals surface area contributed by atoms with Crippen LogP contribution >= 0.6 is 11.8 Å². The van der Waals surface area contributed by atoms with Crippen LogP contribution in [0.15, 0.2) is 59.9 Å². The normalized spacial score (nSPS) is 15.5. The van der Waals surface area contributed by atoms with Crippen molar-refractivity contribution in [2.24, 2.45) is 0 Å². The van der Waals surface area contributed by atoms with Gasteiger partial charge in [0, 0.05) is 35.0 Å². The molecular weight excluding hydrogens is 436 g/mol. The molecular formula is C24H22N6O2S. The quantitative estimate of drug-likeness (QED) is 0.402. The van der Waals surface area contributed by atoms with Crippen LogP contribution in [0, 0.1) is 11.3 Å². The molecule has 0 saturated carbocycles. The monoisotopic (exact) mass is 458 g/mol. The molecule has 8 nitrogen and oxygen atoms in total. The molecule has 33 heavy (non-hydrogen) atoms. The molecule has 0 spiro atoms. The van der Waals surface area contributed by atoms with Crippen LogP contribution in [0.5, 0.6) is 0 Å². The fraction of sp³-hybridized carbons (Fsp3) is 0.250. The number of aromatic nitrogens is 4. The van der Waals surface area contributed by atoms with Crippen molar-refractivity contribution in [2.75, 3.05) is 17.7 Å². The van der Waals surface area contributed by atoms with E-state index in [0.29, 0.717) is 23.0 Å². The molecule has 5 rings (SSSR count). The standard InChI is InChI=1S/C24H22N6O2S/c25-12-16-5-3-6-17(11-16)27-22(31)15-33-24-29-28-23(30(24)14-18-7-4-10-32-18)20-13-26-21-9-2-1-8-19(20)21/h1-3,5-6,8-9,11,13,18,26H,4,7,10,14-15H2,(H,27,31). The SMILES string of the molecule is N#Cc1cccc(NC(=O)CSc2nnc(-c3c[nH]c4ccccc34)n2CC2CCCO2)c1. The van der Waals surface area contributed by atoms with Crippen LogP contribution in [0.4, 0.5) is 5.69 Å². The molecule has 1 unspecified atom stereocenters. The molecule has 1 amide bonds. The fourth-order valence-corrected chi connectivity index (χ4v) is 4.75. The van der Waals surface area contributed by atoms with Gasteiger partial charge < -0.3 is 15.0 Å². The molecule has 2 N–H and O–H groups in total. The summed E-state index contributed by atoms with van der Waals surface area (Å²) in [4.78, 5) is 15.8. The Labute approximate surface area is 195 Å². The average Bonchev–Trinajstić information content (AvgIpc) is 3.58. The minimum absolute atomic E-state index is 0.104. The van der Waals surface area contributed by atoms with Gasteiger partial charge in [0.15, 0.2) is 11.0 Å². The van der Waals surface area contributed by atoms with Crippen molar-refractivity contribution < 1.29 is 9.53 Å². The molecule has 1 aliphatic rings. The summed E-state index contributed by atoms with van der Waals surface area (Å²) < 4.78 is 7.92. The van der Waals surface area contributed by atoms with E-state index in [0.717, 1.165) is 41.7 Å². The van der Waals surface area contributed by atoms with E-state index in [1.807, 2.05) is 24.4 Å². The molecule has 1 saturated heterocycles. The number of hydrogen-bond acceptors (Lipinski definition) is 6. The summed E-state index contributed by atoms with van der Waals surface area (Å²) in [6.07, 6.45) is 4.09. The second-order valence-corrected chi connectivity index (χ2v) is 8.77. The molecule has 2 aromatic heterocycles. The van der Waals surface area contributed by atoms with Crippen molar-refractivity contribution in [3.63, 3.8) is 0 Å². The second-order valence-electron chi connectivity index (χ2n) is 7.83. The van der Waals surface area contributed by atoms with Crippen LogP contribution in [-0.2, 0) is 16.1 Å². The lowest BCUT2D eigenvalue weighted by atomic mass is 10.1. The summed E-state index contributed by atoms with van der Waals surface area (Å²) in [7, 11) is 0. The van der Waals surface area contributed by atoms with E-state index in [4.69, 9.17) is 10.00 Å². The number of para-hydroxylation sites is 1. The Kier molecular flexibility index (Phi) is 6.11. The fourth-order valence-electron chi connectivity index (χ4n) is 4.00. The average molecular weight is 459 g/mol. The van der Waals surface area contributed by atoms with E-state index in [1.165, 1.54) is 11.8 Å². The van der Waals surface area contributed by atoms with Gasteiger partial charge in [0.2, 0.25) is 5.91 Å². The van der Waals surface area contributed by atoms with E-state index in [9.17, 15) is 4.79 Å². The van der Waals surface area contributed by atoms with Gasteiger partial charge in [0.05, 0.1) is 30.0 Å². The minimum Gasteiger partial charge on any atom is -0.376 e. The van der Waals surface area contributed by atoms with Crippen molar-refractivity contribution in [3.8, 4) is 17.5 Å². The molecule has 3 heterocycles. The number of H-pyrrole nitrogens is 1. The number of benzene rings is 2. The highest BCUT2D eigenvalue weighted by Gasteiger charge is 2.23. The third-order valence-electron chi connectivity index (χ3n) is 5.56. The highest BCUT2D eigenvalue weighted by Crippen LogP contribution is 2.31. The third-order valence-corrected chi connectivity index (χ3v) is 6.53. The van der Waals surface area contributed by atoms with Gasteiger partial charge in [-0.3, -0.25) is 9.36 Å². The number of rotatable bonds is 7. The van der Waals surface area contributed by atoms with Crippen LogP contribution < -0.4 is 5.32 Å². The van der Waals surface area contributed by atoms with Crippen LogP contribution in [0.1, 0.15) is 18.4 Å². The maximum atomic E-state index is 12.5. The van der Waals surface area contributed by atoms with Crippen LogP contribution in [0.25, 0.3) is 22.3 Å². The summed E-state index contributed by atoms with van der Waals surface area (Å²) >= 11 is 1.34. The molecule has 2 aromatic carbocycles. The van der Waals surface area contributed by atoms with Crippen LogP contribution in [0.2, 0.25) is 0 Å². The van der Waals surface area contributed by atoms with Crippen LogP contribution in [-0.4, -0.2) is 44.1 Å². The maximum absolute atomic E-state index is 12.5. The van der Waals surface area contributed by atoms with Crippen molar-refractivity contribution >= 4 is 34.3 Å². The van der Waals surface area contributed by atoms with Gasteiger partial charge in [-0.1, -0.05) is 36.0 Å². The van der Waals surface area contributed by atoms with Gasteiger partial charge in [-0.15, -0.1) is 10.2 Å². The Balaban J connectivity index is 1.37. The van der Waals surface area contributed by atoms with Crippen molar-refractivity contribution in [3.05, 3.63) is 60.3 Å². The number of hydrogen-bond donors (Lipinski definition) is 2. The van der Waals surface area contributed by atoms with E-state index in [1.54, 1.807) is 24.3 Å². The first kappa shape index (κ1) is 21.2. The number of carbonyl (C=O) groups excluding carboxylic acids is 1. The predicted octanol–water partition coefficient (Wildman–Crippen LogP) is 4.21. The molecule has 1 aliphatic heterocycles. The minimum atomic E-state index is -0.171. The summed E-state index contributed by atoms with van der Waals surface area (Å²) in [5.41, 5.74) is 3.10. The number of nitrogens with zero attached hydrogens (tertiary/aromatic N) is 4. The van der Waals surface area contributed by atoms with Gasteiger partial charge in [0.25, 0.3) is 0 Å². The van der Waals surface area contributed by atoms with Gasteiger partial charge in [-0.05, 0) is 37.1 Å². The summed E-state index contributed by atoms with van der Waals surface area (Å²) in [5.74, 6) is 0.761. The highest BCUT2D eigenvalue weighted by molar-refractivity contribution is 7.99. The summed E-state index contributed by atoms with van der Waals surface area (Å²) in [6.45, 7) is 1.40. The number of nitriles is 1. The molecule has 0 aliphatic carbocycles. The predicted molar refractivity (Wildman–Crippen MR) is 127 cm³/mol. The lowest BCUT2D eigenvalue weighted by Gasteiger charge is -2.14. The Morgan fingerprint density at radius 3 is 3.03 bits per heavy atom. The smallest absolute Gasteiger partial charge is 0.234 e. The van der Waals surface area contributed by atoms with Gasteiger partial charge in [-0.25, -0.2) is 0 Å². The first-order valence-electron chi connectivity index (χ1n) is 10.8. The number of nitrogens with one attached hydrogen (secondary N) is 2. The zero-order valence-electron chi connectivity index (χ0n) is 17.8. The number of amides is 1. The topological polar surface area (TPSA) is 109 Å². The van der Waals surface area contributed by atoms with E-state index in [-0.39, 0.29) is 17.8 Å². The van der Waals surface area contributed by atoms with Crippen molar-refractivity contribution in [2.45, 2.75) is 30.6 Å². The number of aromatic amines is 1. The number of fused-ring (bicyclic) bond motifs is 1. The zero-order valence-corrected chi connectivity index (χ0v) is 18.6. The zero-order chi connectivity index (χ0) is 22.6. The lowest BCUT2D eigenvalue weighted by Crippen LogP contribution is -2.18. The van der Waals surface area contributed by atoms with Gasteiger partial charge >= 0.3 is 0 Å². The number of carbonyl (C=O) groups is 1. The number of thioether (sulfide) groups is 1. The number of ether oxygens (including phenoxy) is 1. The lowest BCUT2D eigenvalue weighted by molar-refractivity contribution is -0.113. The molecule has 1 atom stereocenters. The first-order chi connectivity index (χ1) is 16.2. The Bertz CT molecular complexity index is 1330. The van der Waals surface area contributed by atoms with E-state index in [2.05, 4.69) is 37.2 Å². The van der Waals surface area contributed by atoms with Crippen LogP contribution in [0.3, 0.4) is 0 Å². The van der Waals surface area contributed by atoms with E-state index >= 15 is 0 Å². The molecule has 166 valence electrons. The Hall–Kier alpha value is -3.61. The third kappa shape index (κ3) is 4.62. The Morgan fingerprint density at radius 1 is 1.27 bits per heavy atom. The van der Waals surface area contributed by atoms with Crippen molar-refractivity contribution in [1.82, 2.24) is 19.7 Å². The molecule has 9 heteroatoms. The van der Waals surface area contributed by atoms with Gasteiger partial charge in [-0.2, -0.15) is 5.26 Å². The largest absolute Gasteiger partial charge is 0.376 e. The molecule has 0 radical (unpaired) electrons. The Morgan fingerprint density at radius 2 is 2.18 bits per heavy atom. The van der Waals surface area contributed by atoms with Crippen molar-refractivity contribution in [1.29, 1.82) is 5.26 Å². The highest BCUT2D eigenvalue weighted by atomic mass is 32.2. The molecule has 4 aromatic rings. The van der Waals surface area contributed by atoms with E-state index < -0.39 is 0 Å².